The first-order chi connectivity index (χ1) is 8.70. The molecule has 1 unspecified atom stereocenters. The van der Waals surface area contributed by atoms with Gasteiger partial charge in [0, 0.05) is 17.5 Å². The zero-order valence-corrected chi connectivity index (χ0v) is 11.9. The average Bonchev–Trinajstić information content (AvgIpc) is 2.83. The third-order valence-corrected chi connectivity index (χ3v) is 4.27. The lowest BCUT2D eigenvalue weighted by Crippen LogP contribution is -2.17. The zero-order chi connectivity index (χ0) is 13.0. The van der Waals surface area contributed by atoms with E-state index in [0.717, 1.165) is 12.3 Å². The maximum Gasteiger partial charge on any atom is 0.118 e. The summed E-state index contributed by atoms with van der Waals surface area (Å²) in [5.41, 5.74) is 2.64. The van der Waals surface area contributed by atoms with E-state index in [1.807, 2.05) is 23.5 Å². The van der Waals surface area contributed by atoms with E-state index in [-0.39, 0.29) is 0 Å². The van der Waals surface area contributed by atoms with Crippen molar-refractivity contribution in [1.82, 2.24) is 5.32 Å². The van der Waals surface area contributed by atoms with Crippen LogP contribution in [-0.2, 0) is 6.54 Å². The summed E-state index contributed by atoms with van der Waals surface area (Å²) in [7, 11) is 1.69. The third-order valence-electron chi connectivity index (χ3n) is 3.07. The Morgan fingerprint density at radius 1 is 1.22 bits per heavy atom. The Morgan fingerprint density at radius 3 is 2.50 bits per heavy atom. The second kappa shape index (κ2) is 6.03. The summed E-state index contributed by atoms with van der Waals surface area (Å²) in [6.45, 7) is 5.25. The molecular formula is C15H19NOS. The normalized spacial score (nSPS) is 12.4. The Hall–Kier alpha value is -1.32. The van der Waals surface area contributed by atoms with Crippen molar-refractivity contribution < 1.29 is 4.74 Å². The molecule has 3 heteroatoms. The number of thiophene rings is 1. The van der Waals surface area contributed by atoms with E-state index in [4.69, 9.17) is 4.74 Å². The van der Waals surface area contributed by atoms with Gasteiger partial charge in [0.15, 0.2) is 0 Å². The summed E-state index contributed by atoms with van der Waals surface area (Å²) >= 11 is 1.82. The quantitative estimate of drug-likeness (QED) is 0.881. The van der Waals surface area contributed by atoms with Crippen LogP contribution >= 0.6 is 11.3 Å². The summed E-state index contributed by atoms with van der Waals surface area (Å²) < 4.78 is 5.15. The molecule has 1 aromatic carbocycles. The highest BCUT2D eigenvalue weighted by atomic mass is 32.1. The molecule has 0 aliphatic rings. The molecule has 0 radical (unpaired) electrons. The second-order valence-electron chi connectivity index (χ2n) is 4.42. The van der Waals surface area contributed by atoms with Crippen LogP contribution in [0, 0.1) is 6.92 Å². The summed E-state index contributed by atoms with van der Waals surface area (Å²) in [6.07, 6.45) is 0. The molecule has 0 saturated carbocycles. The van der Waals surface area contributed by atoms with Crippen LogP contribution in [0.2, 0.25) is 0 Å². The fraction of sp³-hybridized carbons (Fsp3) is 0.333. The minimum Gasteiger partial charge on any atom is -0.497 e. The molecule has 2 nitrogen and oxygen atoms in total. The molecular weight excluding hydrogens is 242 g/mol. The SMILES string of the molecule is COc1ccc(CNC(C)c2sccc2C)cc1. The molecule has 18 heavy (non-hydrogen) atoms. The van der Waals surface area contributed by atoms with E-state index >= 15 is 0 Å². The van der Waals surface area contributed by atoms with Crippen molar-refractivity contribution >= 4 is 11.3 Å². The minimum atomic E-state index is 0.395. The summed E-state index contributed by atoms with van der Waals surface area (Å²) in [4.78, 5) is 1.42. The number of hydrogen-bond donors (Lipinski definition) is 1. The van der Waals surface area contributed by atoms with Gasteiger partial charge in [0.2, 0.25) is 0 Å². The molecule has 0 amide bonds. The third kappa shape index (κ3) is 3.12. The van der Waals surface area contributed by atoms with E-state index in [1.54, 1.807) is 7.11 Å². The van der Waals surface area contributed by atoms with Gasteiger partial charge in [0.25, 0.3) is 0 Å². The average molecular weight is 261 g/mol. The van der Waals surface area contributed by atoms with Crippen LogP contribution in [0.4, 0.5) is 0 Å². The maximum absolute atomic E-state index is 5.15. The molecule has 2 aromatic rings. The highest BCUT2D eigenvalue weighted by Gasteiger charge is 2.08. The van der Waals surface area contributed by atoms with Gasteiger partial charge in [-0.3, -0.25) is 0 Å². The Balaban J connectivity index is 1.93. The van der Waals surface area contributed by atoms with Crippen molar-refractivity contribution in [2.24, 2.45) is 0 Å². The van der Waals surface area contributed by atoms with Gasteiger partial charge >= 0.3 is 0 Å². The lowest BCUT2D eigenvalue weighted by molar-refractivity contribution is 0.414. The molecule has 0 aliphatic carbocycles. The Morgan fingerprint density at radius 2 is 1.94 bits per heavy atom. The van der Waals surface area contributed by atoms with Crippen LogP contribution in [0.3, 0.4) is 0 Å². The van der Waals surface area contributed by atoms with Crippen LogP contribution in [0.1, 0.15) is 29.0 Å². The van der Waals surface area contributed by atoms with Crippen molar-refractivity contribution in [2.75, 3.05) is 7.11 Å². The molecule has 96 valence electrons. The fourth-order valence-corrected chi connectivity index (χ4v) is 2.90. The second-order valence-corrected chi connectivity index (χ2v) is 5.37. The van der Waals surface area contributed by atoms with Gasteiger partial charge in [0.1, 0.15) is 5.75 Å². The monoisotopic (exact) mass is 261 g/mol. The lowest BCUT2D eigenvalue weighted by Gasteiger charge is -2.13. The molecule has 0 saturated heterocycles. The predicted octanol–water partition coefficient (Wildman–Crippen LogP) is 3.92. The molecule has 0 fully saturated rings. The van der Waals surface area contributed by atoms with E-state index in [2.05, 4.69) is 42.7 Å². The minimum absolute atomic E-state index is 0.395. The highest BCUT2D eigenvalue weighted by molar-refractivity contribution is 7.10. The molecule has 1 heterocycles. The number of nitrogens with one attached hydrogen (secondary N) is 1. The van der Waals surface area contributed by atoms with E-state index < -0.39 is 0 Å². The molecule has 2 rings (SSSR count). The van der Waals surface area contributed by atoms with Gasteiger partial charge in [-0.1, -0.05) is 12.1 Å². The van der Waals surface area contributed by atoms with Crippen molar-refractivity contribution in [2.45, 2.75) is 26.4 Å². The number of rotatable bonds is 5. The Bertz CT molecular complexity index is 489. The van der Waals surface area contributed by atoms with Crippen molar-refractivity contribution in [1.29, 1.82) is 0 Å². The van der Waals surface area contributed by atoms with Crippen LogP contribution < -0.4 is 10.1 Å². The number of methoxy groups -OCH3 is 1. The van der Waals surface area contributed by atoms with Gasteiger partial charge in [-0.05, 0) is 48.6 Å². The van der Waals surface area contributed by atoms with Gasteiger partial charge in [-0.2, -0.15) is 0 Å². The van der Waals surface area contributed by atoms with Crippen LogP contribution in [-0.4, -0.2) is 7.11 Å². The van der Waals surface area contributed by atoms with Crippen LogP contribution in [0.5, 0.6) is 5.75 Å². The maximum atomic E-state index is 5.15. The molecule has 1 aromatic heterocycles. The van der Waals surface area contributed by atoms with E-state index in [9.17, 15) is 0 Å². The summed E-state index contributed by atoms with van der Waals surface area (Å²) in [6, 6.07) is 10.8. The van der Waals surface area contributed by atoms with Gasteiger partial charge in [0.05, 0.1) is 7.11 Å². The first kappa shape index (κ1) is 13.1. The van der Waals surface area contributed by atoms with Crippen LogP contribution in [0.15, 0.2) is 35.7 Å². The van der Waals surface area contributed by atoms with Gasteiger partial charge < -0.3 is 10.1 Å². The summed E-state index contributed by atoms with van der Waals surface area (Å²) in [5.74, 6) is 0.904. The van der Waals surface area contributed by atoms with Crippen LogP contribution in [0.25, 0.3) is 0 Å². The topological polar surface area (TPSA) is 21.3 Å². The van der Waals surface area contributed by atoms with Gasteiger partial charge in [-0.15, -0.1) is 11.3 Å². The highest BCUT2D eigenvalue weighted by Crippen LogP contribution is 2.23. The van der Waals surface area contributed by atoms with Crippen molar-refractivity contribution in [3.8, 4) is 5.75 Å². The van der Waals surface area contributed by atoms with Crippen molar-refractivity contribution in [3.05, 3.63) is 51.7 Å². The first-order valence-corrected chi connectivity index (χ1v) is 6.99. The number of hydrogen-bond acceptors (Lipinski definition) is 3. The molecule has 0 aliphatic heterocycles. The lowest BCUT2D eigenvalue weighted by atomic mass is 10.1. The number of benzene rings is 1. The smallest absolute Gasteiger partial charge is 0.118 e. The van der Waals surface area contributed by atoms with E-state index in [1.165, 1.54) is 16.0 Å². The Labute approximate surface area is 113 Å². The number of aryl methyl sites for hydroxylation is 1. The predicted molar refractivity (Wildman–Crippen MR) is 77.3 cm³/mol. The first-order valence-electron chi connectivity index (χ1n) is 6.11. The van der Waals surface area contributed by atoms with E-state index in [0.29, 0.717) is 6.04 Å². The standard InChI is InChI=1S/C15H19NOS/c1-11-8-9-18-15(11)12(2)16-10-13-4-6-14(17-3)7-5-13/h4-9,12,16H,10H2,1-3H3. The molecule has 1 atom stereocenters. The molecule has 1 N–H and O–H groups in total. The number of ether oxygens (including phenoxy) is 1. The molecule has 0 spiro atoms. The molecule has 0 bridgehead atoms. The van der Waals surface area contributed by atoms with Gasteiger partial charge in [-0.25, -0.2) is 0 Å². The van der Waals surface area contributed by atoms with Crippen molar-refractivity contribution in [3.63, 3.8) is 0 Å². The Kier molecular flexibility index (Phi) is 4.39. The zero-order valence-electron chi connectivity index (χ0n) is 11.1. The fourth-order valence-electron chi connectivity index (χ4n) is 1.94. The summed E-state index contributed by atoms with van der Waals surface area (Å²) in [5, 5.41) is 5.70. The largest absolute Gasteiger partial charge is 0.497 e.